The Morgan fingerprint density at radius 3 is 2.33 bits per heavy atom. The number of non-ortho nitro benzene ring substituents is 1. The van der Waals surface area contributed by atoms with Gasteiger partial charge in [0.15, 0.2) is 5.82 Å². The second-order valence-electron chi connectivity index (χ2n) is 10.8. The SMILES string of the molecule is CN(C)Cc1c(-c2ccc([N+](=O)[O-])cc2)sc2c1c(=O)n(-c1ccc(OCC3COC3)nn1)c(=O)n2Cc1c(F)cccc1F. The molecule has 5 aromatic rings. The third-order valence-electron chi connectivity index (χ3n) is 7.29. The number of thiophene rings is 1. The summed E-state index contributed by atoms with van der Waals surface area (Å²) in [5, 5.41) is 19.5. The van der Waals surface area contributed by atoms with E-state index in [-0.39, 0.29) is 45.6 Å². The maximum Gasteiger partial charge on any atom is 0.338 e. The number of aromatic nitrogens is 4. The zero-order valence-corrected chi connectivity index (χ0v) is 24.9. The number of fused-ring (bicyclic) bond motifs is 1. The summed E-state index contributed by atoms with van der Waals surface area (Å²) in [6.07, 6.45) is 0. The van der Waals surface area contributed by atoms with Crippen molar-refractivity contribution in [2.45, 2.75) is 13.1 Å². The van der Waals surface area contributed by atoms with Crippen LogP contribution < -0.4 is 16.0 Å². The molecule has 1 saturated heterocycles. The molecule has 45 heavy (non-hydrogen) atoms. The van der Waals surface area contributed by atoms with E-state index in [0.717, 1.165) is 32.6 Å². The Morgan fingerprint density at radius 2 is 1.76 bits per heavy atom. The first kappa shape index (κ1) is 30.2. The highest BCUT2D eigenvalue weighted by molar-refractivity contribution is 7.22. The molecule has 232 valence electrons. The van der Waals surface area contributed by atoms with Gasteiger partial charge in [-0.25, -0.2) is 18.1 Å². The van der Waals surface area contributed by atoms with Gasteiger partial charge in [0.1, 0.15) is 16.5 Å². The number of hydrogen-bond donors (Lipinski definition) is 0. The molecule has 0 saturated carbocycles. The molecule has 0 atom stereocenters. The van der Waals surface area contributed by atoms with Crippen molar-refractivity contribution in [2.24, 2.45) is 5.92 Å². The molecule has 12 nitrogen and oxygen atoms in total. The summed E-state index contributed by atoms with van der Waals surface area (Å²) in [4.78, 5) is 41.6. The van der Waals surface area contributed by atoms with Crippen LogP contribution in [0.4, 0.5) is 14.5 Å². The minimum atomic E-state index is -0.877. The molecular weight excluding hydrogens is 610 g/mol. The molecule has 2 aromatic carbocycles. The Kier molecular flexibility index (Phi) is 8.22. The first-order valence-electron chi connectivity index (χ1n) is 13.8. The number of hydrogen-bond acceptors (Lipinski definition) is 10. The Balaban J connectivity index is 1.57. The van der Waals surface area contributed by atoms with E-state index in [9.17, 15) is 28.5 Å². The maximum atomic E-state index is 14.9. The lowest BCUT2D eigenvalue weighted by atomic mass is 10.1. The lowest BCUT2D eigenvalue weighted by molar-refractivity contribution is -0.384. The number of nitrogens with zero attached hydrogens (tertiary/aromatic N) is 6. The lowest BCUT2D eigenvalue weighted by Gasteiger charge is -2.25. The van der Waals surface area contributed by atoms with Gasteiger partial charge in [-0.3, -0.25) is 19.5 Å². The number of nitro benzene ring substituents is 1. The molecule has 0 amide bonds. The number of benzene rings is 2. The van der Waals surface area contributed by atoms with Gasteiger partial charge in [0, 0.05) is 41.1 Å². The number of ether oxygens (including phenoxy) is 2. The highest BCUT2D eigenvalue weighted by atomic mass is 32.1. The molecule has 0 unspecified atom stereocenters. The molecular formula is C30H26F2N6O6S. The Morgan fingerprint density at radius 1 is 1.04 bits per heavy atom. The molecule has 0 radical (unpaired) electrons. The molecule has 15 heteroatoms. The minimum absolute atomic E-state index is 0.104. The summed E-state index contributed by atoms with van der Waals surface area (Å²) in [5.74, 6) is -1.38. The van der Waals surface area contributed by atoms with Gasteiger partial charge in [0.05, 0.1) is 36.7 Å². The van der Waals surface area contributed by atoms with Crippen LogP contribution in [0.2, 0.25) is 0 Å². The van der Waals surface area contributed by atoms with E-state index in [1.165, 1.54) is 30.3 Å². The van der Waals surface area contributed by atoms with Gasteiger partial charge in [-0.1, -0.05) is 6.07 Å². The van der Waals surface area contributed by atoms with E-state index < -0.39 is 34.4 Å². The van der Waals surface area contributed by atoms with Crippen LogP contribution in [0.5, 0.6) is 5.88 Å². The predicted octanol–water partition coefficient (Wildman–Crippen LogP) is 3.99. The van der Waals surface area contributed by atoms with E-state index in [0.29, 0.717) is 35.8 Å². The summed E-state index contributed by atoms with van der Waals surface area (Å²) in [6, 6.07) is 12.1. The number of rotatable bonds is 10. The third-order valence-corrected chi connectivity index (χ3v) is 8.60. The zero-order chi connectivity index (χ0) is 31.8. The minimum Gasteiger partial charge on any atom is -0.476 e. The summed E-state index contributed by atoms with van der Waals surface area (Å²) < 4.78 is 42.5. The lowest BCUT2D eigenvalue weighted by Crippen LogP contribution is -2.40. The van der Waals surface area contributed by atoms with Crippen molar-refractivity contribution in [1.29, 1.82) is 0 Å². The summed E-state index contributed by atoms with van der Waals surface area (Å²) in [5.41, 5.74) is -0.950. The Bertz CT molecular complexity index is 2000. The standard InChI is InChI=1S/C30H26F2N6O6S/c1-35(2)12-21-26-28(39)37(24-10-11-25(34-33-24)44-16-17-14-43-15-17)30(40)36(13-20-22(31)4-3-5-23(20)32)29(26)45-27(21)18-6-8-19(9-7-18)38(41)42/h3-11,17H,12-16H2,1-2H3. The molecule has 0 aliphatic carbocycles. The molecule has 0 spiro atoms. The van der Waals surface area contributed by atoms with Crippen LogP contribution in [-0.2, 0) is 17.8 Å². The summed E-state index contributed by atoms with van der Waals surface area (Å²) in [7, 11) is 3.60. The monoisotopic (exact) mass is 636 g/mol. The van der Waals surface area contributed by atoms with Crippen molar-refractivity contribution in [2.75, 3.05) is 33.9 Å². The molecule has 1 aliphatic rings. The average Bonchev–Trinajstić information content (AvgIpc) is 3.35. The van der Waals surface area contributed by atoms with Crippen LogP contribution in [0.25, 0.3) is 26.5 Å². The third kappa shape index (κ3) is 5.84. The van der Waals surface area contributed by atoms with Crippen molar-refractivity contribution in [3.05, 3.63) is 108 Å². The topological polar surface area (TPSA) is 135 Å². The van der Waals surface area contributed by atoms with Gasteiger partial charge in [0.25, 0.3) is 11.2 Å². The fourth-order valence-electron chi connectivity index (χ4n) is 4.98. The van der Waals surface area contributed by atoms with E-state index in [2.05, 4.69) is 10.2 Å². The van der Waals surface area contributed by atoms with Crippen molar-refractivity contribution in [3.63, 3.8) is 0 Å². The van der Waals surface area contributed by atoms with E-state index in [1.54, 1.807) is 26.2 Å². The van der Waals surface area contributed by atoms with Crippen LogP contribution in [0.3, 0.4) is 0 Å². The molecule has 4 heterocycles. The van der Waals surface area contributed by atoms with Crippen LogP contribution >= 0.6 is 11.3 Å². The summed E-state index contributed by atoms with van der Waals surface area (Å²) in [6.45, 7) is 1.27. The smallest absolute Gasteiger partial charge is 0.338 e. The highest BCUT2D eigenvalue weighted by Gasteiger charge is 2.26. The van der Waals surface area contributed by atoms with Crippen molar-refractivity contribution in [1.82, 2.24) is 24.2 Å². The molecule has 0 bridgehead atoms. The van der Waals surface area contributed by atoms with Crippen molar-refractivity contribution >= 4 is 27.2 Å². The second-order valence-corrected chi connectivity index (χ2v) is 11.8. The van der Waals surface area contributed by atoms with Crippen molar-refractivity contribution < 1.29 is 23.2 Å². The van der Waals surface area contributed by atoms with Gasteiger partial charge in [-0.05, 0) is 55.6 Å². The fraction of sp³-hybridized carbons (Fsp3) is 0.267. The van der Waals surface area contributed by atoms with Crippen LogP contribution in [-0.4, -0.2) is 63.1 Å². The van der Waals surface area contributed by atoms with E-state index >= 15 is 0 Å². The van der Waals surface area contributed by atoms with Crippen molar-refractivity contribution in [3.8, 4) is 22.1 Å². The molecule has 1 fully saturated rings. The van der Waals surface area contributed by atoms with E-state index in [4.69, 9.17) is 9.47 Å². The normalized spacial score (nSPS) is 13.4. The molecule has 0 N–H and O–H groups in total. The molecule has 1 aliphatic heterocycles. The van der Waals surface area contributed by atoms with Gasteiger partial charge in [0.2, 0.25) is 5.88 Å². The largest absolute Gasteiger partial charge is 0.476 e. The van der Waals surface area contributed by atoms with Gasteiger partial charge < -0.3 is 14.4 Å². The first-order chi connectivity index (χ1) is 21.6. The second kappa shape index (κ2) is 12.3. The van der Waals surface area contributed by atoms with Gasteiger partial charge in [-0.2, -0.15) is 0 Å². The Hall–Kier alpha value is -4.86. The molecule has 6 rings (SSSR count). The van der Waals surface area contributed by atoms with E-state index in [1.807, 2.05) is 4.90 Å². The maximum absolute atomic E-state index is 14.9. The van der Waals surface area contributed by atoms with Gasteiger partial charge in [-0.15, -0.1) is 21.5 Å². The van der Waals surface area contributed by atoms with Gasteiger partial charge >= 0.3 is 5.69 Å². The molecule has 3 aromatic heterocycles. The quantitative estimate of drug-likeness (QED) is 0.165. The highest BCUT2D eigenvalue weighted by Crippen LogP contribution is 2.38. The summed E-state index contributed by atoms with van der Waals surface area (Å²) >= 11 is 1.08. The number of halogens is 2. The average molecular weight is 637 g/mol. The zero-order valence-electron chi connectivity index (χ0n) is 24.1. The van der Waals surface area contributed by atoms with Crippen LogP contribution in [0, 0.1) is 27.7 Å². The Labute approximate surface area is 257 Å². The van der Waals surface area contributed by atoms with Crippen LogP contribution in [0.1, 0.15) is 11.1 Å². The predicted molar refractivity (Wildman–Crippen MR) is 162 cm³/mol. The first-order valence-corrected chi connectivity index (χ1v) is 14.6. The van der Waals surface area contributed by atoms with Crippen LogP contribution in [0.15, 0.2) is 64.2 Å². The fourth-order valence-corrected chi connectivity index (χ4v) is 6.28. The number of nitro groups is 1.